The Morgan fingerprint density at radius 2 is 1.92 bits per heavy atom. The lowest BCUT2D eigenvalue weighted by Crippen LogP contribution is -2.32. The summed E-state index contributed by atoms with van der Waals surface area (Å²) in [4.78, 5) is 36.9. The highest BCUT2D eigenvalue weighted by Crippen LogP contribution is 2.51. The lowest BCUT2D eigenvalue weighted by Gasteiger charge is -2.11. The maximum atomic E-state index is 13.1. The molecule has 1 amide bonds. The van der Waals surface area contributed by atoms with Crippen LogP contribution in [0.25, 0.3) is 0 Å². The van der Waals surface area contributed by atoms with Gasteiger partial charge in [-0.05, 0) is 11.6 Å². The largest absolute Gasteiger partial charge is 0.355 e. The number of pyridine rings is 1. The summed E-state index contributed by atoms with van der Waals surface area (Å²) >= 11 is 0. The zero-order valence-electron chi connectivity index (χ0n) is 14.2. The molecule has 1 N–H and O–H groups in total. The molecule has 1 aromatic heterocycles. The Kier molecular flexibility index (Phi) is 4.71. The topological polar surface area (TPSA) is 68.2 Å². The number of nitrogens with zero attached hydrogens (tertiary/aromatic N) is 1. The van der Waals surface area contributed by atoms with Crippen LogP contribution in [-0.4, -0.2) is 29.2 Å². The first-order valence-corrected chi connectivity index (χ1v) is 8.23. The van der Waals surface area contributed by atoms with E-state index < -0.39 is 29.1 Å². The Balaban J connectivity index is 1.96. The minimum absolute atomic E-state index is 0.0850. The molecule has 0 saturated heterocycles. The fourth-order valence-electron chi connectivity index (χ4n) is 2.82. The maximum absolute atomic E-state index is 13.1. The second-order valence-electron chi connectivity index (χ2n) is 6.43. The highest BCUT2D eigenvalue weighted by Gasteiger charge is 2.57. The summed E-state index contributed by atoms with van der Waals surface area (Å²) in [5.41, 5.74) is 0.177. The molecule has 3 rings (SSSR count). The van der Waals surface area contributed by atoms with Crippen LogP contribution in [0.2, 0.25) is 0 Å². The Hall–Kier alpha value is -2.83. The zero-order chi connectivity index (χ0) is 18.9. The van der Waals surface area contributed by atoms with Crippen LogP contribution in [-0.2, 0) is 6.54 Å². The number of amides is 1. The van der Waals surface area contributed by atoms with Crippen molar-refractivity contribution in [3.8, 4) is 0 Å². The number of aromatic nitrogens is 1. The van der Waals surface area contributed by atoms with Gasteiger partial charge in [-0.3, -0.25) is 14.4 Å². The van der Waals surface area contributed by atoms with Crippen LogP contribution in [0.4, 0.5) is 8.78 Å². The van der Waals surface area contributed by atoms with E-state index in [-0.39, 0.29) is 30.5 Å². The van der Waals surface area contributed by atoms with Gasteiger partial charge >= 0.3 is 0 Å². The van der Waals surface area contributed by atoms with Gasteiger partial charge in [-0.25, -0.2) is 8.78 Å². The van der Waals surface area contributed by atoms with Crippen molar-refractivity contribution in [2.45, 2.75) is 25.3 Å². The minimum Gasteiger partial charge on any atom is -0.355 e. The van der Waals surface area contributed by atoms with Gasteiger partial charge in [0.15, 0.2) is 5.78 Å². The highest BCUT2D eigenvalue weighted by molar-refractivity contribution is 6.00. The third-order valence-electron chi connectivity index (χ3n) is 4.46. The van der Waals surface area contributed by atoms with Gasteiger partial charge in [0, 0.05) is 37.6 Å². The molecular formula is C19H18F2N2O3. The molecule has 0 unspecified atom stereocenters. The number of rotatable bonds is 6. The molecule has 1 heterocycles. The van der Waals surface area contributed by atoms with Crippen molar-refractivity contribution in [3.05, 3.63) is 69.6 Å². The quantitative estimate of drug-likeness (QED) is 0.805. The molecule has 1 atom stereocenters. The number of carbonyl (C=O) groups excluding carboxylic acids is 2. The molecule has 0 radical (unpaired) electrons. The van der Waals surface area contributed by atoms with E-state index in [2.05, 4.69) is 5.32 Å². The molecule has 0 bridgehead atoms. The summed E-state index contributed by atoms with van der Waals surface area (Å²) in [7, 11) is 1.38. The van der Waals surface area contributed by atoms with Crippen LogP contribution in [0.15, 0.2) is 47.4 Å². The zero-order valence-corrected chi connectivity index (χ0v) is 14.2. The molecule has 1 aliphatic carbocycles. The van der Waals surface area contributed by atoms with Crippen molar-refractivity contribution < 1.29 is 18.4 Å². The number of hydrogen-bond acceptors (Lipinski definition) is 3. The smallest absolute Gasteiger partial charge is 0.263 e. The SMILES string of the molecule is CNC(=O)c1cc(C(=O)C[C@H]2CC2(F)F)cn(Cc2ccccc2)c1=O. The first-order valence-electron chi connectivity index (χ1n) is 8.23. The maximum Gasteiger partial charge on any atom is 0.263 e. The Morgan fingerprint density at radius 3 is 2.50 bits per heavy atom. The van der Waals surface area contributed by atoms with Crippen molar-refractivity contribution in [2.24, 2.45) is 5.92 Å². The molecule has 136 valence electrons. The molecule has 2 aromatic rings. The molecule has 5 nitrogen and oxygen atoms in total. The van der Waals surface area contributed by atoms with Crippen molar-refractivity contribution >= 4 is 11.7 Å². The highest BCUT2D eigenvalue weighted by atomic mass is 19.3. The molecule has 1 fully saturated rings. The van der Waals surface area contributed by atoms with E-state index in [9.17, 15) is 23.2 Å². The summed E-state index contributed by atoms with van der Waals surface area (Å²) in [5.74, 6) is -4.88. The number of benzene rings is 1. The summed E-state index contributed by atoms with van der Waals surface area (Å²) in [6, 6.07) is 10.3. The molecule has 0 aliphatic heterocycles. The van der Waals surface area contributed by atoms with Crippen molar-refractivity contribution in [3.63, 3.8) is 0 Å². The number of alkyl halides is 2. The number of halogens is 2. The third-order valence-corrected chi connectivity index (χ3v) is 4.46. The summed E-state index contributed by atoms with van der Waals surface area (Å²) in [5, 5.41) is 2.36. The van der Waals surface area contributed by atoms with Gasteiger partial charge in [0.05, 0.1) is 6.54 Å². The average Bonchev–Trinajstić information content (AvgIpc) is 3.22. The van der Waals surface area contributed by atoms with Crippen LogP contribution in [0.1, 0.15) is 39.1 Å². The molecule has 1 aliphatic rings. The average molecular weight is 360 g/mol. The number of nitrogens with one attached hydrogen (secondary N) is 1. The standard InChI is InChI=1S/C19H18F2N2O3/c1-22-17(25)15-7-13(16(24)8-14-9-19(14,20)21)11-23(18(15)26)10-12-5-3-2-4-6-12/h2-7,11,14H,8-10H2,1H3,(H,22,25)/t14-/m0/s1. The van der Waals surface area contributed by atoms with E-state index in [1.54, 1.807) is 0 Å². The molecule has 1 saturated carbocycles. The van der Waals surface area contributed by atoms with E-state index in [1.165, 1.54) is 23.9 Å². The van der Waals surface area contributed by atoms with Crippen LogP contribution in [0.5, 0.6) is 0 Å². The fourth-order valence-corrected chi connectivity index (χ4v) is 2.82. The molecule has 0 spiro atoms. The van der Waals surface area contributed by atoms with Gasteiger partial charge in [-0.1, -0.05) is 30.3 Å². The van der Waals surface area contributed by atoms with E-state index >= 15 is 0 Å². The Morgan fingerprint density at radius 1 is 1.27 bits per heavy atom. The van der Waals surface area contributed by atoms with Crippen LogP contribution < -0.4 is 10.9 Å². The first-order chi connectivity index (χ1) is 12.3. The number of ketones is 1. The van der Waals surface area contributed by atoms with Crippen molar-refractivity contribution in [1.29, 1.82) is 0 Å². The van der Waals surface area contributed by atoms with Gasteiger partial charge < -0.3 is 9.88 Å². The predicted octanol–water partition coefficient (Wildman–Crippen LogP) is 2.48. The van der Waals surface area contributed by atoms with Crippen LogP contribution in [0, 0.1) is 5.92 Å². The third kappa shape index (κ3) is 3.71. The lowest BCUT2D eigenvalue weighted by molar-refractivity contribution is 0.0832. The van der Waals surface area contributed by atoms with Gasteiger partial charge in [0.2, 0.25) is 0 Å². The minimum atomic E-state index is -2.79. The monoisotopic (exact) mass is 360 g/mol. The summed E-state index contributed by atoms with van der Waals surface area (Å²) in [6.07, 6.45) is 0.735. The second kappa shape index (κ2) is 6.82. The lowest BCUT2D eigenvalue weighted by atomic mass is 10.0. The van der Waals surface area contributed by atoms with Gasteiger partial charge in [-0.2, -0.15) is 0 Å². The van der Waals surface area contributed by atoms with E-state index in [0.29, 0.717) is 0 Å². The van der Waals surface area contributed by atoms with Crippen LogP contribution in [0.3, 0.4) is 0 Å². The van der Waals surface area contributed by atoms with Crippen molar-refractivity contribution in [2.75, 3.05) is 7.05 Å². The van der Waals surface area contributed by atoms with E-state index in [0.717, 1.165) is 5.56 Å². The van der Waals surface area contributed by atoms with Gasteiger partial charge in [0.1, 0.15) is 5.56 Å². The predicted molar refractivity (Wildman–Crippen MR) is 91.6 cm³/mol. The van der Waals surface area contributed by atoms with Gasteiger partial charge in [-0.15, -0.1) is 0 Å². The second-order valence-corrected chi connectivity index (χ2v) is 6.43. The van der Waals surface area contributed by atoms with E-state index in [4.69, 9.17) is 0 Å². The van der Waals surface area contributed by atoms with E-state index in [1.807, 2.05) is 30.3 Å². The molecule has 7 heteroatoms. The summed E-state index contributed by atoms with van der Waals surface area (Å²) in [6.45, 7) is 0.171. The number of hydrogen-bond donors (Lipinski definition) is 1. The van der Waals surface area contributed by atoms with Crippen molar-refractivity contribution in [1.82, 2.24) is 9.88 Å². The molecular weight excluding hydrogens is 342 g/mol. The number of carbonyl (C=O) groups is 2. The molecule has 26 heavy (non-hydrogen) atoms. The Labute approximate surface area is 148 Å². The normalized spacial score (nSPS) is 17.6. The molecule has 1 aromatic carbocycles. The fraction of sp³-hybridized carbons (Fsp3) is 0.316. The summed E-state index contributed by atoms with van der Waals surface area (Å²) < 4.78 is 27.4. The van der Waals surface area contributed by atoms with Gasteiger partial charge in [0.25, 0.3) is 17.4 Å². The Bertz CT molecular complexity index is 907. The first kappa shape index (κ1) is 18.0. The number of Topliss-reactive ketones (excluding diaryl/α,β-unsaturated/α-hetero) is 1. The van der Waals surface area contributed by atoms with Crippen LogP contribution >= 0.6 is 0 Å².